The van der Waals surface area contributed by atoms with Crippen molar-refractivity contribution < 1.29 is 9.00 Å². The Bertz CT molecular complexity index is 490. The van der Waals surface area contributed by atoms with Crippen molar-refractivity contribution in [3.63, 3.8) is 0 Å². The molecule has 1 aromatic heterocycles. The second kappa shape index (κ2) is 8.67. The molecule has 0 aromatic carbocycles. The number of carbonyl (C=O) groups excluding carboxylic acids is 1. The van der Waals surface area contributed by atoms with E-state index < -0.39 is 10.8 Å². The van der Waals surface area contributed by atoms with Gasteiger partial charge in [-0.3, -0.25) is 4.21 Å². The highest BCUT2D eigenvalue weighted by atomic mass is 32.2. The smallest absolute Gasteiger partial charge is 0.315 e. The number of hydrogen-bond donors (Lipinski definition) is 2. The predicted molar refractivity (Wildman–Crippen MR) is 93.9 cm³/mol. The Labute approximate surface area is 139 Å². The molecule has 4 atom stereocenters. The highest BCUT2D eigenvalue weighted by Gasteiger charge is 2.26. The van der Waals surface area contributed by atoms with Crippen molar-refractivity contribution in [1.82, 2.24) is 10.6 Å². The molecule has 1 aliphatic rings. The summed E-state index contributed by atoms with van der Waals surface area (Å²) in [5.41, 5.74) is 0. The third kappa shape index (κ3) is 5.39. The van der Waals surface area contributed by atoms with Crippen LogP contribution >= 0.6 is 11.3 Å². The lowest BCUT2D eigenvalue weighted by Crippen LogP contribution is -2.48. The molecule has 1 aromatic rings. The Hall–Kier alpha value is -0.880. The van der Waals surface area contributed by atoms with Gasteiger partial charge in [-0.25, -0.2) is 4.79 Å². The van der Waals surface area contributed by atoms with Gasteiger partial charge in [0.15, 0.2) is 0 Å². The first-order valence-electron chi connectivity index (χ1n) is 8.05. The standard InChI is InChI=1S/C16H26N2O2S2/c1-3-22(20)15-8-4-6-13(11-15)18-16(19)17-12(2)10-14-7-5-9-21-14/h5,7,9,12-13,15H,3-4,6,8,10-11H2,1-2H3,(H2,17,18,19)/t12-,13+,15+,22-/m0/s1. The third-order valence-electron chi connectivity index (χ3n) is 4.08. The van der Waals surface area contributed by atoms with E-state index in [1.54, 1.807) is 11.3 Å². The molecule has 1 fully saturated rings. The van der Waals surface area contributed by atoms with E-state index in [-0.39, 0.29) is 23.4 Å². The number of rotatable bonds is 6. The fraction of sp³-hybridized carbons (Fsp3) is 0.688. The number of urea groups is 1. The second-order valence-corrected chi connectivity index (χ2v) is 9.00. The van der Waals surface area contributed by atoms with E-state index in [0.717, 1.165) is 32.1 Å². The van der Waals surface area contributed by atoms with Crippen molar-refractivity contribution in [2.24, 2.45) is 0 Å². The summed E-state index contributed by atoms with van der Waals surface area (Å²) in [4.78, 5) is 13.4. The fourth-order valence-corrected chi connectivity index (χ4v) is 5.17. The van der Waals surface area contributed by atoms with Gasteiger partial charge in [0.05, 0.1) is 0 Å². The van der Waals surface area contributed by atoms with Crippen LogP contribution in [0.25, 0.3) is 0 Å². The van der Waals surface area contributed by atoms with Crippen molar-refractivity contribution in [2.45, 2.75) is 63.3 Å². The van der Waals surface area contributed by atoms with Crippen LogP contribution in [0.4, 0.5) is 4.79 Å². The van der Waals surface area contributed by atoms with Crippen LogP contribution in [0, 0.1) is 0 Å². The van der Waals surface area contributed by atoms with Crippen LogP contribution in [0.15, 0.2) is 17.5 Å². The quantitative estimate of drug-likeness (QED) is 0.835. The van der Waals surface area contributed by atoms with Crippen LogP contribution in [-0.2, 0) is 17.2 Å². The lowest BCUT2D eigenvalue weighted by molar-refractivity contribution is 0.230. The molecule has 0 spiro atoms. The predicted octanol–water partition coefficient (Wildman–Crippen LogP) is 3.06. The molecule has 2 amide bonds. The minimum atomic E-state index is -0.752. The van der Waals surface area contributed by atoms with Crippen LogP contribution in [0.1, 0.15) is 44.4 Å². The van der Waals surface area contributed by atoms with E-state index in [4.69, 9.17) is 0 Å². The van der Waals surface area contributed by atoms with Gasteiger partial charge in [-0.2, -0.15) is 0 Å². The van der Waals surface area contributed by atoms with Gasteiger partial charge in [-0.05, 0) is 37.6 Å². The summed E-state index contributed by atoms with van der Waals surface area (Å²) in [6, 6.07) is 4.29. The first-order valence-corrected chi connectivity index (χ1v) is 10.3. The molecule has 6 heteroatoms. The Morgan fingerprint density at radius 3 is 3.00 bits per heavy atom. The highest BCUT2D eigenvalue weighted by Crippen LogP contribution is 2.23. The molecule has 2 rings (SSSR count). The van der Waals surface area contributed by atoms with Gasteiger partial charge < -0.3 is 10.6 Å². The average Bonchev–Trinajstić information content (AvgIpc) is 2.99. The highest BCUT2D eigenvalue weighted by molar-refractivity contribution is 7.85. The fourth-order valence-electron chi connectivity index (χ4n) is 2.98. The Morgan fingerprint density at radius 1 is 1.50 bits per heavy atom. The molecular formula is C16H26N2O2S2. The minimum absolute atomic E-state index is 0.100. The van der Waals surface area contributed by atoms with E-state index in [1.165, 1.54) is 4.88 Å². The molecule has 124 valence electrons. The van der Waals surface area contributed by atoms with Crippen molar-refractivity contribution in [3.05, 3.63) is 22.4 Å². The molecule has 2 N–H and O–H groups in total. The van der Waals surface area contributed by atoms with Gasteiger partial charge >= 0.3 is 6.03 Å². The third-order valence-corrected chi connectivity index (χ3v) is 6.72. The minimum Gasteiger partial charge on any atom is -0.335 e. The summed E-state index contributed by atoms with van der Waals surface area (Å²) in [5, 5.41) is 8.36. The van der Waals surface area contributed by atoms with Crippen molar-refractivity contribution in [2.75, 3.05) is 5.75 Å². The zero-order valence-electron chi connectivity index (χ0n) is 13.3. The SMILES string of the molecule is CC[S@](=O)[C@@H]1CCC[C@@H](NC(=O)N[C@@H](C)Cc2cccs2)C1. The lowest BCUT2D eigenvalue weighted by Gasteiger charge is -2.29. The monoisotopic (exact) mass is 342 g/mol. The van der Waals surface area contributed by atoms with Gasteiger partial charge in [0.2, 0.25) is 0 Å². The van der Waals surface area contributed by atoms with Gasteiger partial charge in [-0.15, -0.1) is 11.3 Å². The lowest BCUT2D eigenvalue weighted by atomic mass is 9.95. The van der Waals surface area contributed by atoms with Crippen molar-refractivity contribution >= 4 is 28.2 Å². The van der Waals surface area contributed by atoms with E-state index in [2.05, 4.69) is 22.1 Å². The van der Waals surface area contributed by atoms with Gasteiger partial charge in [0, 0.05) is 45.2 Å². The van der Waals surface area contributed by atoms with E-state index in [0.29, 0.717) is 5.75 Å². The maximum atomic E-state index is 12.1. The maximum absolute atomic E-state index is 12.1. The van der Waals surface area contributed by atoms with Crippen molar-refractivity contribution in [3.8, 4) is 0 Å². The number of carbonyl (C=O) groups is 1. The summed E-state index contributed by atoms with van der Waals surface area (Å²) < 4.78 is 11.9. The topological polar surface area (TPSA) is 58.2 Å². The van der Waals surface area contributed by atoms with E-state index >= 15 is 0 Å². The van der Waals surface area contributed by atoms with Gasteiger partial charge in [0.25, 0.3) is 0 Å². The van der Waals surface area contributed by atoms with E-state index in [1.807, 2.05) is 19.9 Å². The van der Waals surface area contributed by atoms with Crippen LogP contribution in [-0.4, -0.2) is 33.3 Å². The van der Waals surface area contributed by atoms with Crippen LogP contribution in [0.2, 0.25) is 0 Å². The average molecular weight is 343 g/mol. The first kappa shape index (κ1) is 17.5. The van der Waals surface area contributed by atoms with Crippen LogP contribution in [0.5, 0.6) is 0 Å². The summed E-state index contributed by atoms with van der Waals surface area (Å²) in [6.45, 7) is 3.99. The van der Waals surface area contributed by atoms with Crippen molar-refractivity contribution in [1.29, 1.82) is 0 Å². The largest absolute Gasteiger partial charge is 0.335 e. The zero-order valence-corrected chi connectivity index (χ0v) is 15.0. The summed E-state index contributed by atoms with van der Waals surface area (Å²) in [6.07, 6.45) is 4.76. The van der Waals surface area contributed by atoms with E-state index in [9.17, 15) is 9.00 Å². The molecule has 0 bridgehead atoms. The van der Waals surface area contributed by atoms with Gasteiger partial charge in [-0.1, -0.05) is 19.4 Å². The molecule has 4 nitrogen and oxygen atoms in total. The number of nitrogens with one attached hydrogen (secondary N) is 2. The summed E-state index contributed by atoms with van der Waals surface area (Å²) in [7, 11) is -0.752. The van der Waals surface area contributed by atoms with Gasteiger partial charge in [0.1, 0.15) is 0 Å². The summed E-state index contributed by atoms with van der Waals surface area (Å²) >= 11 is 1.71. The molecule has 1 heterocycles. The van der Waals surface area contributed by atoms with Crippen LogP contribution < -0.4 is 10.6 Å². The molecular weight excluding hydrogens is 316 g/mol. The second-order valence-electron chi connectivity index (χ2n) is 5.96. The summed E-state index contributed by atoms with van der Waals surface area (Å²) in [5.74, 6) is 0.710. The Morgan fingerprint density at radius 2 is 2.32 bits per heavy atom. The van der Waals surface area contributed by atoms with Crippen LogP contribution in [0.3, 0.4) is 0 Å². The molecule has 0 radical (unpaired) electrons. The normalized spacial score (nSPS) is 24.5. The number of amides is 2. The first-order chi connectivity index (χ1) is 10.6. The Balaban J connectivity index is 1.75. The molecule has 0 aliphatic heterocycles. The Kier molecular flexibility index (Phi) is 6.89. The molecule has 0 saturated heterocycles. The molecule has 1 saturated carbocycles. The molecule has 22 heavy (non-hydrogen) atoms. The maximum Gasteiger partial charge on any atom is 0.315 e. The number of thiophene rings is 1. The molecule has 1 aliphatic carbocycles. The number of hydrogen-bond acceptors (Lipinski definition) is 3. The zero-order chi connectivity index (χ0) is 15.9. The molecule has 0 unspecified atom stereocenters.